The lowest BCUT2D eigenvalue weighted by Crippen LogP contribution is -2.32. The highest BCUT2D eigenvalue weighted by atomic mass is 16.5. The third-order valence-electron chi connectivity index (χ3n) is 7.34. The number of carbonyl (C=O) groups excluding carboxylic acids is 3. The first-order valence-corrected chi connectivity index (χ1v) is 12.0. The van der Waals surface area contributed by atoms with Gasteiger partial charge in [0.25, 0.3) is 11.8 Å². The Morgan fingerprint density at radius 2 is 1.69 bits per heavy atom. The zero-order valence-electron chi connectivity index (χ0n) is 19.7. The summed E-state index contributed by atoms with van der Waals surface area (Å²) in [5, 5.41) is 2.22. The van der Waals surface area contributed by atoms with Gasteiger partial charge in [0, 0.05) is 17.2 Å². The minimum absolute atomic E-state index is 0.0262. The van der Waals surface area contributed by atoms with Crippen LogP contribution >= 0.6 is 0 Å². The van der Waals surface area contributed by atoms with Crippen LogP contribution in [0.3, 0.4) is 0 Å². The number of fused-ring (bicyclic) bond motifs is 3. The predicted molar refractivity (Wildman–Crippen MR) is 133 cm³/mol. The highest BCUT2D eigenvalue weighted by Crippen LogP contribution is 2.51. The summed E-state index contributed by atoms with van der Waals surface area (Å²) in [6.45, 7) is 3.92. The molecule has 3 atom stereocenters. The number of nitrogens with zero attached hydrogens (tertiary/aromatic N) is 1. The number of allylic oxidation sites excluding steroid dienone is 2. The Morgan fingerprint density at radius 3 is 2.43 bits per heavy atom. The van der Waals surface area contributed by atoms with Crippen LogP contribution in [0.5, 0.6) is 0 Å². The standard InChI is InChI=1S/C30H25NO4/c1-17-7-8-21-14-19(9-10-20(21)13-17)18(2)30(34)35-16-23-12-11-22-15-26(22)27(23)31-28(32)24-5-3-4-6-25(24)29(31)33/h3-14,18,22,26H,15-16H2,1-2H3. The quantitative estimate of drug-likeness (QED) is 0.368. The van der Waals surface area contributed by atoms with Gasteiger partial charge >= 0.3 is 5.97 Å². The molecular formula is C30H25NO4. The number of hydrogen-bond donors (Lipinski definition) is 0. The van der Waals surface area contributed by atoms with Crippen LogP contribution < -0.4 is 0 Å². The van der Waals surface area contributed by atoms with Crippen LogP contribution in [0.1, 0.15) is 51.1 Å². The number of benzene rings is 3. The van der Waals surface area contributed by atoms with Crippen molar-refractivity contribution in [3.05, 3.63) is 106 Å². The van der Waals surface area contributed by atoms with Crippen LogP contribution in [0.4, 0.5) is 0 Å². The highest BCUT2D eigenvalue weighted by Gasteiger charge is 2.49. The number of imide groups is 1. The largest absolute Gasteiger partial charge is 0.460 e. The number of rotatable bonds is 5. The van der Waals surface area contributed by atoms with Crippen molar-refractivity contribution in [2.45, 2.75) is 26.2 Å². The molecule has 3 unspecified atom stereocenters. The summed E-state index contributed by atoms with van der Waals surface area (Å²) in [6.07, 6.45) is 4.89. The van der Waals surface area contributed by atoms with Gasteiger partial charge in [-0.1, -0.05) is 66.2 Å². The fraction of sp³-hybridized carbons (Fsp3) is 0.233. The summed E-state index contributed by atoms with van der Waals surface area (Å²) < 4.78 is 5.74. The Bertz CT molecular complexity index is 1450. The molecule has 1 saturated carbocycles. The molecule has 0 bridgehead atoms. The van der Waals surface area contributed by atoms with E-state index in [4.69, 9.17) is 4.74 Å². The molecule has 5 nitrogen and oxygen atoms in total. The van der Waals surface area contributed by atoms with Gasteiger partial charge in [0.15, 0.2) is 0 Å². The molecule has 2 aliphatic carbocycles. The number of esters is 1. The van der Waals surface area contributed by atoms with Crippen LogP contribution in [-0.2, 0) is 9.53 Å². The molecule has 0 aromatic heterocycles. The summed E-state index contributed by atoms with van der Waals surface area (Å²) in [6, 6.07) is 19.2. The maximum absolute atomic E-state index is 13.1. The molecule has 1 heterocycles. The van der Waals surface area contributed by atoms with Gasteiger partial charge in [0.05, 0.1) is 17.0 Å². The van der Waals surface area contributed by atoms with Crippen molar-refractivity contribution in [1.82, 2.24) is 4.90 Å². The Balaban J connectivity index is 1.24. The minimum Gasteiger partial charge on any atom is -0.460 e. The Labute approximate surface area is 203 Å². The van der Waals surface area contributed by atoms with Gasteiger partial charge in [-0.3, -0.25) is 14.4 Å². The van der Waals surface area contributed by atoms with Crippen LogP contribution in [0.25, 0.3) is 10.8 Å². The average Bonchev–Trinajstić information content (AvgIpc) is 3.62. The SMILES string of the molecule is Cc1ccc2cc(C(C)C(=O)OCC3=C(N4C(=O)c5ccccc5C4=O)C4CC4C=C3)ccc2c1. The van der Waals surface area contributed by atoms with Gasteiger partial charge < -0.3 is 4.74 Å². The maximum atomic E-state index is 13.1. The van der Waals surface area contributed by atoms with E-state index in [1.54, 1.807) is 24.3 Å². The molecule has 0 N–H and O–H groups in total. The van der Waals surface area contributed by atoms with Crippen LogP contribution in [-0.4, -0.2) is 29.3 Å². The third kappa shape index (κ3) is 3.59. The molecule has 0 saturated heterocycles. The van der Waals surface area contributed by atoms with E-state index >= 15 is 0 Å². The minimum atomic E-state index is -0.440. The molecule has 0 radical (unpaired) electrons. The Kier molecular flexibility index (Phi) is 4.95. The number of amides is 2. The lowest BCUT2D eigenvalue weighted by Gasteiger charge is -2.24. The van der Waals surface area contributed by atoms with E-state index in [9.17, 15) is 14.4 Å². The van der Waals surface area contributed by atoms with Crippen molar-refractivity contribution in [2.75, 3.05) is 6.61 Å². The fourth-order valence-electron chi connectivity index (χ4n) is 5.21. The summed E-state index contributed by atoms with van der Waals surface area (Å²) >= 11 is 0. The zero-order valence-corrected chi connectivity index (χ0v) is 19.7. The Morgan fingerprint density at radius 1 is 1.00 bits per heavy atom. The number of carbonyl (C=O) groups is 3. The summed E-state index contributed by atoms with van der Waals surface area (Å²) in [5.41, 5.74) is 4.33. The van der Waals surface area contributed by atoms with E-state index in [-0.39, 0.29) is 30.3 Å². The topological polar surface area (TPSA) is 63.7 Å². The average molecular weight is 464 g/mol. The van der Waals surface area contributed by atoms with Gasteiger partial charge in [-0.05, 0) is 54.7 Å². The Hall–Kier alpha value is -3.99. The molecule has 6 rings (SSSR count). The van der Waals surface area contributed by atoms with Crippen molar-refractivity contribution < 1.29 is 19.1 Å². The molecule has 174 valence electrons. The van der Waals surface area contributed by atoms with Gasteiger partial charge in [-0.2, -0.15) is 0 Å². The molecule has 3 aliphatic rings. The second kappa shape index (κ2) is 8.05. The van der Waals surface area contributed by atoms with E-state index < -0.39 is 5.92 Å². The van der Waals surface area contributed by atoms with E-state index in [0.717, 1.165) is 22.8 Å². The molecule has 1 aliphatic heterocycles. The van der Waals surface area contributed by atoms with Crippen molar-refractivity contribution in [1.29, 1.82) is 0 Å². The first-order valence-electron chi connectivity index (χ1n) is 12.0. The van der Waals surface area contributed by atoms with Gasteiger partial charge in [0.1, 0.15) is 6.61 Å². The van der Waals surface area contributed by atoms with E-state index in [1.807, 2.05) is 31.2 Å². The van der Waals surface area contributed by atoms with Crippen LogP contribution in [0.15, 0.2) is 84.1 Å². The molecule has 35 heavy (non-hydrogen) atoms. The summed E-state index contributed by atoms with van der Waals surface area (Å²) in [7, 11) is 0. The lowest BCUT2D eigenvalue weighted by atomic mass is 9.97. The molecule has 2 amide bonds. The maximum Gasteiger partial charge on any atom is 0.313 e. The summed E-state index contributed by atoms with van der Waals surface area (Å²) in [5.74, 6) is -0.941. The third-order valence-corrected chi connectivity index (χ3v) is 7.34. The van der Waals surface area contributed by atoms with Gasteiger partial charge in [-0.15, -0.1) is 0 Å². The fourth-order valence-corrected chi connectivity index (χ4v) is 5.21. The molecule has 5 heteroatoms. The molecular weight excluding hydrogens is 438 g/mol. The predicted octanol–water partition coefficient (Wildman–Crippen LogP) is 5.55. The van der Waals surface area contributed by atoms with E-state index in [1.165, 1.54) is 10.5 Å². The first-order chi connectivity index (χ1) is 16.9. The van der Waals surface area contributed by atoms with E-state index in [2.05, 4.69) is 31.2 Å². The van der Waals surface area contributed by atoms with Gasteiger partial charge in [-0.25, -0.2) is 4.90 Å². The van der Waals surface area contributed by atoms with E-state index in [0.29, 0.717) is 28.3 Å². The molecule has 3 aromatic carbocycles. The monoisotopic (exact) mass is 463 g/mol. The highest BCUT2D eigenvalue weighted by molar-refractivity contribution is 6.22. The molecule has 1 fully saturated rings. The number of hydrogen-bond acceptors (Lipinski definition) is 4. The zero-order chi connectivity index (χ0) is 24.3. The van der Waals surface area contributed by atoms with Crippen LogP contribution in [0.2, 0.25) is 0 Å². The smallest absolute Gasteiger partial charge is 0.313 e. The van der Waals surface area contributed by atoms with Crippen molar-refractivity contribution >= 4 is 28.6 Å². The van der Waals surface area contributed by atoms with Crippen molar-refractivity contribution in [3.8, 4) is 0 Å². The second-order valence-corrected chi connectivity index (χ2v) is 9.71. The molecule has 3 aromatic rings. The van der Waals surface area contributed by atoms with Crippen LogP contribution in [0, 0.1) is 18.8 Å². The number of aryl methyl sites for hydroxylation is 1. The number of ether oxygens (including phenoxy) is 1. The molecule has 0 spiro atoms. The normalized spacial score (nSPS) is 21.3. The summed E-state index contributed by atoms with van der Waals surface area (Å²) in [4.78, 5) is 40.5. The van der Waals surface area contributed by atoms with Gasteiger partial charge in [0.2, 0.25) is 0 Å². The second-order valence-electron chi connectivity index (χ2n) is 9.71. The first kappa shape index (κ1) is 21.5. The van der Waals surface area contributed by atoms with Crippen molar-refractivity contribution in [2.24, 2.45) is 11.8 Å². The van der Waals surface area contributed by atoms with Crippen molar-refractivity contribution in [3.63, 3.8) is 0 Å². The lowest BCUT2D eigenvalue weighted by molar-refractivity contribution is -0.144.